The zero-order chi connectivity index (χ0) is 21.7. The number of alkyl halides is 3. The maximum atomic E-state index is 13.0. The molecule has 0 saturated heterocycles. The summed E-state index contributed by atoms with van der Waals surface area (Å²) in [6.07, 6.45) is -1.12. The molecule has 9 heteroatoms. The van der Waals surface area contributed by atoms with Crippen LogP contribution in [0.15, 0.2) is 48.8 Å². The number of pyridine rings is 1. The number of halogens is 3. The number of nitrogens with one attached hydrogen (secondary N) is 2. The van der Waals surface area contributed by atoms with Crippen LogP contribution in [0.25, 0.3) is 5.69 Å². The molecule has 2 heterocycles. The first-order valence-corrected chi connectivity index (χ1v) is 9.49. The van der Waals surface area contributed by atoms with Gasteiger partial charge in [-0.15, -0.1) is 0 Å². The van der Waals surface area contributed by atoms with Crippen LogP contribution in [0.5, 0.6) is 0 Å². The fraction of sp³-hybridized carbons (Fsp3) is 0.286. The summed E-state index contributed by atoms with van der Waals surface area (Å²) in [5.74, 6) is -0.593. The predicted octanol–water partition coefficient (Wildman–Crippen LogP) is 4.00. The van der Waals surface area contributed by atoms with Crippen molar-refractivity contribution < 1.29 is 18.0 Å². The van der Waals surface area contributed by atoms with Gasteiger partial charge in [-0.1, -0.05) is 24.6 Å². The third-order valence-corrected chi connectivity index (χ3v) is 4.54. The summed E-state index contributed by atoms with van der Waals surface area (Å²) in [4.78, 5) is 16.3. The molecule has 2 N–H and O–H groups in total. The number of hydrogen-bond acceptors (Lipinski definition) is 4. The Bertz CT molecular complexity index is 1010. The van der Waals surface area contributed by atoms with Gasteiger partial charge in [-0.2, -0.15) is 18.3 Å². The second-order valence-electron chi connectivity index (χ2n) is 6.69. The van der Waals surface area contributed by atoms with Gasteiger partial charge in [-0.3, -0.25) is 4.79 Å². The fourth-order valence-electron chi connectivity index (χ4n) is 3.04. The first kappa shape index (κ1) is 21.4. The van der Waals surface area contributed by atoms with Gasteiger partial charge in [0.05, 0.1) is 28.7 Å². The topological polar surface area (TPSA) is 71.8 Å². The van der Waals surface area contributed by atoms with Crippen molar-refractivity contribution in [2.24, 2.45) is 0 Å². The Kier molecular flexibility index (Phi) is 6.39. The Morgan fingerprint density at radius 3 is 2.53 bits per heavy atom. The largest absolute Gasteiger partial charge is 0.419 e. The summed E-state index contributed by atoms with van der Waals surface area (Å²) in [5.41, 5.74) is 2.33. The van der Waals surface area contributed by atoms with Crippen LogP contribution in [0.3, 0.4) is 0 Å². The van der Waals surface area contributed by atoms with Gasteiger partial charge in [0.2, 0.25) is 0 Å². The van der Waals surface area contributed by atoms with Crippen LogP contribution in [0.2, 0.25) is 0 Å². The maximum Gasteiger partial charge on any atom is 0.419 e. The average molecular weight is 417 g/mol. The average Bonchev–Trinajstić information content (AvgIpc) is 3.15. The third-order valence-electron chi connectivity index (χ3n) is 4.54. The Balaban J connectivity index is 1.63. The van der Waals surface area contributed by atoms with Gasteiger partial charge >= 0.3 is 6.18 Å². The van der Waals surface area contributed by atoms with Crippen LogP contribution in [-0.4, -0.2) is 33.8 Å². The molecule has 0 aliphatic carbocycles. The van der Waals surface area contributed by atoms with E-state index < -0.39 is 11.7 Å². The molecular weight excluding hydrogens is 395 g/mol. The first-order chi connectivity index (χ1) is 14.3. The molecule has 0 fully saturated rings. The van der Waals surface area contributed by atoms with Gasteiger partial charge in [-0.25, -0.2) is 9.67 Å². The molecule has 3 rings (SSSR count). The van der Waals surface area contributed by atoms with Gasteiger partial charge in [0.15, 0.2) is 0 Å². The molecule has 0 aliphatic heterocycles. The molecule has 3 aromatic rings. The molecule has 0 atom stereocenters. The minimum atomic E-state index is -4.50. The van der Waals surface area contributed by atoms with E-state index in [1.807, 2.05) is 38.1 Å². The van der Waals surface area contributed by atoms with Crippen molar-refractivity contribution in [3.8, 4) is 5.69 Å². The lowest BCUT2D eigenvalue weighted by Gasteiger charge is -2.13. The molecule has 158 valence electrons. The summed E-state index contributed by atoms with van der Waals surface area (Å²) in [7, 11) is 0. The van der Waals surface area contributed by atoms with E-state index in [1.54, 1.807) is 4.68 Å². The standard InChI is InChI=1S/C21H22F3N5O/c1-3-18-16(13-28-29(18)15-8-6-14(2)7-9-15)20(30)27-12-11-26-19-17(21(22,23)24)5-4-10-25-19/h4-10,13H,3,11-12H2,1-2H3,(H,25,26)(H,27,30). The second kappa shape index (κ2) is 8.98. The predicted molar refractivity (Wildman–Crippen MR) is 108 cm³/mol. The number of aryl methyl sites for hydroxylation is 1. The maximum absolute atomic E-state index is 13.0. The van der Waals surface area contributed by atoms with Crippen molar-refractivity contribution in [3.05, 3.63) is 71.2 Å². The fourth-order valence-corrected chi connectivity index (χ4v) is 3.04. The lowest BCUT2D eigenvalue weighted by atomic mass is 10.1. The number of carbonyl (C=O) groups is 1. The van der Waals surface area contributed by atoms with E-state index >= 15 is 0 Å². The van der Waals surface area contributed by atoms with Gasteiger partial charge < -0.3 is 10.6 Å². The van der Waals surface area contributed by atoms with Gasteiger partial charge in [0, 0.05) is 19.3 Å². The highest BCUT2D eigenvalue weighted by Gasteiger charge is 2.33. The molecule has 0 saturated carbocycles. The smallest absolute Gasteiger partial charge is 0.368 e. The molecular formula is C21H22F3N5O. The van der Waals surface area contributed by atoms with Crippen LogP contribution in [0.1, 0.15) is 34.1 Å². The van der Waals surface area contributed by atoms with Crippen LogP contribution in [0.4, 0.5) is 19.0 Å². The van der Waals surface area contributed by atoms with Crippen molar-refractivity contribution in [2.45, 2.75) is 26.4 Å². The number of nitrogens with zero attached hydrogens (tertiary/aromatic N) is 3. The SMILES string of the molecule is CCc1c(C(=O)NCCNc2ncccc2C(F)(F)F)cnn1-c1ccc(C)cc1. The minimum absolute atomic E-state index is 0.0966. The monoisotopic (exact) mass is 417 g/mol. The Morgan fingerprint density at radius 2 is 1.87 bits per heavy atom. The van der Waals surface area contributed by atoms with E-state index in [2.05, 4.69) is 20.7 Å². The summed E-state index contributed by atoms with van der Waals surface area (Å²) in [6, 6.07) is 9.98. The van der Waals surface area contributed by atoms with Crippen LogP contribution in [0, 0.1) is 6.92 Å². The van der Waals surface area contributed by atoms with Gasteiger partial charge in [0.25, 0.3) is 5.91 Å². The molecule has 0 radical (unpaired) electrons. The van der Waals surface area contributed by atoms with E-state index in [1.165, 1.54) is 18.5 Å². The normalized spacial score (nSPS) is 11.4. The number of rotatable bonds is 7. The number of carbonyl (C=O) groups excluding carboxylic acids is 1. The van der Waals surface area contributed by atoms with Gasteiger partial charge in [-0.05, 0) is 37.6 Å². The molecule has 2 aromatic heterocycles. The summed E-state index contributed by atoms with van der Waals surface area (Å²) >= 11 is 0. The number of aromatic nitrogens is 3. The molecule has 6 nitrogen and oxygen atoms in total. The van der Waals surface area contributed by atoms with Crippen molar-refractivity contribution in [1.29, 1.82) is 0 Å². The third kappa shape index (κ3) is 4.79. The zero-order valence-corrected chi connectivity index (χ0v) is 16.6. The van der Waals surface area contributed by atoms with E-state index in [-0.39, 0.29) is 24.8 Å². The van der Waals surface area contributed by atoms with Crippen molar-refractivity contribution >= 4 is 11.7 Å². The lowest BCUT2D eigenvalue weighted by Crippen LogP contribution is -2.29. The quantitative estimate of drug-likeness (QED) is 0.570. The molecule has 0 unspecified atom stereocenters. The van der Waals surface area contributed by atoms with Crippen molar-refractivity contribution in [1.82, 2.24) is 20.1 Å². The Labute approximate surface area is 172 Å². The van der Waals surface area contributed by atoms with Gasteiger partial charge in [0.1, 0.15) is 5.82 Å². The number of benzene rings is 1. The van der Waals surface area contributed by atoms with Crippen LogP contribution < -0.4 is 10.6 Å². The number of anilines is 1. The molecule has 0 bridgehead atoms. The minimum Gasteiger partial charge on any atom is -0.368 e. The Hall–Kier alpha value is -3.36. The highest BCUT2D eigenvalue weighted by atomic mass is 19.4. The summed E-state index contributed by atoms with van der Waals surface area (Å²) in [5, 5.41) is 9.66. The summed E-state index contributed by atoms with van der Waals surface area (Å²) in [6.45, 7) is 4.15. The highest BCUT2D eigenvalue weighted by Crippen LogP contribution is 2.33. The van der Waals surface area contributed by atoms with Crippen LogP contribution >= 0.6 is 0 Å². The molecule has 0 aliphatic rings. The Morgan fingerprint density at radius 1 is 1.13 bits per heavy atom. The number of hydrogen-bond donors (Lipinski definition) is 2. The van der Waals surface area contributed by atoms with E-state index in [9.17, 15) is 18.0 Å². The van der Waals surface area contributed by atoms with E-state index in [0.29, 0.717) is 12.0 Å². The van der Waals surface area contributed by atoms with Crippen molar-refractivity contribution in [3.63, 3.8) is 0 Å². The van der Waals surface area contributed by atoms with Crippen molar-refractivity contribution in [2.75, 3.05) is 18.4 Å². The number of amides is 1. The molecule has 0 spiro atoms. The molecule has 1 aromatic carbocycles. The molecule has 30 heavy (non-hydrogen) atoms. The van der Waals surface area contributed by atoms with Crippen LogP contribution in [-0.2, 0) is 12.6 Å². The summed E-state index contributed by atoms with van der Waals surface area (Å²) < 4.78 is 40.7. The zero-order valence-electron chi connectivity index (χ0n) is 16.6. The molecule has 1 amide bonds. The first-order valence-electron chi connectivity index (χ1n) is 9.49. The second-order valence-corrected chi connectivity index (χ2v) is 6.69. The van der Waals surface area contributed by atoms with E-state index in [0.717, 1.165) is 23.0 Å². The lowest BCUT2D eigenvalue weighted by molar-refractivity contribution is -0.137. The highest BCUT2D eigenvalue weighted by molar-refractivity contribution is 5.95. The van der Waals surface area contributed by atoms with E-state index in [4.69, 9.17) is 0 Å².